The second kappa shape index (κ2) is 5.65. The quantitative estimate of drug-likeness (QED) is 0.824. The van der Waals surface area contributed by atoms with Crippen LogP contribution in [0.25, 0.3) is 0 Å². The largest absolute Gasteiger partial charge is 0.348 e. The average molecular weight is 274 g/mol. The van der Waals surface area contributed by atoms with Gasteiger partial charge in [0.05, 0.1) is 5.38 Å². The van der Waals surface area contributed by atoms with Crippen LogP contribution in [-0.4, -0.2) is 17.3 Å². The lowest BCUT2D eigenvalue weighted by Gasteiger charge is -2.27. The van der Waals surface area contributed by atoms with Gasteiger partial charge in [0.15, 0.2) is 0 Å². The van der Waals surface area contributed by atoms with Crippen LogP contribution in [0.1, 0.15) is 36.0 Å². The summed E-state index contributed by atoms with van der Waals surface area (Å²) in [7, 11) is 0. The normalized spacial score (nSPS) is 23.7. The molecule has 0 aliphatic heterocycles. The highest BCUT2D eigenvalue weighted by atomic mass is 35.5. The Hall–Kier alpha value is -1.16. The molecule has 1 saturated carbocycles. The van der Waals surface area contributed by atoms with Crippen LogP contribution in [0.3, 0.4) is 0 Å². The first-order chi connectivity index (χ1) is 8.59. The van der Waals surface area contributed by atoms with E-state index in [0.717, 1.165) is 37.8 Å². The van der Waals surface area contributed by atoms with Crippen molar-refractivity contribution in [1.29, 1.82) is 0 Å². The summed E-state index contributed by atoms with van der Waals surface area (Å²) in [6.45, 7) is 0. The molecule has 0 saturated heterocycles. The van der Waals surface area contributed by atoms with Crippen molar-refractivity contribution >= 4 is 17.5 Å². The molecule has 2 atom stereocenters. The van der Waals surface area contributed by atoms with Crippen molar-refractivity contribution in [3.05, 3.63) is 35.4 Å². The summed E-state index contributed by atoms with van der Waals surface area (Å²) in [5, 5.41) is 2.45. The highest BCUT2D eigenvalue weighted by Gasteiger charge is 2.27. The smallest absolute Gasteiger partial charge is 0.257 e. The summed E-state index contributed by atoms with van der Waals surface area (Å²) in [5.41, 5.74) is -0.535. The van der Waals surface area contributed by atoms with Crippen LogP contribution in [0.2, 0.25) is 0 Å². The van der Waals surface area contributed by atoms with Gasteiger partial charge in [-0.1, -0.05) is 18.9 Å². The fourth-order valence-electron chi connectivity index (χ4n) is 2.20. The van der Waals surface area contributed by atoms with Crippen LogP contribution in [0.4, 0.5) is 8.78 Å². The molecular weight excluding hydrogens is 260 g/mol. The molecule has 0 aromatic heterocycles. The van der Waals surface area contributed by atoms with Gasteiger partial charge in [-0.2, -0.15) is 0 Å². The molecular formula is C13H14ClF2NO. The Morgan fingerprint density at radius 1 is 1.22 bits per heavy atom. The number of hydrogen-bond acceptors (Lipinski definition) is 1. The van der Waals surface area contributed by atoms with Gasteiger partial charge in [0.2, 0.25) is 0 Å². The molecule has 1 aromatic rings. The van der Waals surface area contributed by atoms with Crippen molar-refractivity contribution in [3.63, 3.8) is 0 Å². The highest BCUT2D eigenvalue weighted by Crippen LogP contribution is 2.23. The average Bonchev–Trinajstić information content (AvgIpc) is 2.32. The van der Waals surface area contributed by atoms with Crippen molar-refractivity contribution in [2.24, 2.45) is 0 Å². The van der Waals surface area contributed by atoms with Gasteiger partial charge in [0, 0.05) is 6.04 Å². The number of benzene rings is 1. The van der Waals surface area contributed by atoms with Crippen LogP contribution < -0.4 is 5.32 Å². The SMILES string of the molecule is O=C(NC1CCCCC1Cl)c1c(F)cccc1F. The van der Waals surface area contributed by atoms with Crippen molar-refractivity contribution in [1.82, 2.24) is 5.32 Å². The number of carbonyl (C=O) groups excluding carboxylic acids is 1. The maximum atomic E-state index is 13.4. The Morgan fingerprint density at radius 3 is 2.44 bits per heavy atom. The lowest BCUT2D eigenvalue weighted by atomic mass is 9.94. The monoisotopic (exact) mass is 273 g/mol. The first-order valence-electron chi connectivity index (χ1n) is 5.98. The molecule has 2 rings (SSSR count). The molecule has 5 heteroatoms. The van der Waals surface area contributed by atoms with Crippen molar-refractivity contribution < 1.29 is 13.6 Å². The lowest BCUT2D eigenvalue weighted by Crippen LogP contribution is -2.43. The highest BCUT2D eigenvalue weighted by molar-refractivity contribution is 6.21. The van der Waals surface area contributed by atoms with Crippen LogP contribution >= 0.6 is 11.6 Å². The number of hydrogen-bond donors (Lipinski definition) is 1. The van der Waals surface area contributed by atoms with Crippen molar-refractivity contribution in [2.75, 3.05) is 0 Å². The van der Waals surface area contributed by atoms with Gasteiger partial charge in [0.1, 0.15) is 17.2 Å². The molecule has 0 bridgehead atoms. The van der Waals surface area contributed by atoms with Crippen LogP contribution in [0.5, 0.6) is 0 Å². The maximum Gasteiger partial charge on any atom is 0.257 e. The standard InChI is InChI=1S/C13H14ClF2NO/c14-8-4-1-2-7-11(8)17-13(18)12-9(15)5-3-6-10(12)16/h3,5-6,8,11H,1-2,4,7H2,(H,17,18). The summed E-state index contributed by atoms with van der Waals surface area (Å²) in [5.74, 6) is -2.44. The number of nitrogens with one attached hydrogen (secondary N) is 1. The zero-order valence-electron chi connectivity index (χ0n) is 9.76. The molecule has 0 spiro atoms. The molecule has 18 heavy (non-hydrogen) atoms. The van der Waals surface area contributed by atoms with E-state index in [-0.39, 0.29) is 11.4 Å². The predicted molar refractivity (Wildman–Crippen MR) is 65.7 cm³/mol. The van der Waals surface area contributed by atoms with Gasteiger partial charge in [-0.3, -0.25) is 4.79 Å². The molecule has 0 heterocycles. The van der Waals surface area contributed by atoms with E-state index in [1.54, 1.807) is 0 Å². The number of carbonyl (C=O) groups is 1. The summed E-state index contributed by atoms with van der Waals surface area (Å²) < 4.78 is 26.8. The second-order valence-corrected chi connectivity index (χ2v) is 5.04. The minimum absolute atomic E-state index is 0.169. The molecule has 98 valence electrons. The Bertz CT molecular complexity index is 432. The topological polar surface area (TPSA) is 29.1 Å². The molecule has 1 fully saturated rings. The van der Waals surface area contributed by atoms with Gasteiger partial charge in [0.25, 0.3) is 5.91 Å². The fourth-order valence-corrected chi connectivity index (χ4v) is 2.55. The van der Waals surface area contributed by atoms with E-state index in [9.17, 15) is 13.6 Å². The van der Waals surface area contributed by atoms with Gasteiger partial charge in [-0.15, -0.1) is 11.6 Å². The van der Waals surface area contributed by atoms with E-state index in [1.807, 2.05) is 0 Å². The molecule has 2 unspecified atom stereocenters. The Balaban J connectivity index is 2.12. The predicted octanol–water partition coefficient (Wildman–Crippen LogP) is 3.24. The molecule has 0 radical (unpaired) electrons. The number of amides is 1. The molecule has 1 aromatic carbocycles. The second-order valence-electron chi connectivity index (χ2n) is 4.48. The number of rotatable bonds is 2. The molecule has 1 aliphatic rings. The Kier molecular flexibility index (Phi) is 4.17. The first-order valence-corrected chi connectivity index (χ1v) is 6.42. The summed E-state index contributed by atoms with van der Waals surface area (Å²) >= 11 is 6.09. The number of halogens is 3. The molecule has 1 aliphatic carbocycles. The van der Waals surface area contributed by atoms with Gasteiger partial charge in [-0.25, -0.2) is 8.78 Å². The summed E-state index contributed by atoms with van der Waals surface area (Å²) in [6, 6.07) is 3.15. The minimum atomic E-state index is -0.852. The molecule has 2 nitrogen and oxygen atoms in total. The summed E-state index contributed by atoms with van der Waals surface area (Å²) in [6.07, 6.45) is 3.55. The lowest BCUT2D eigenvalue weighted by molar-refractivity contribution is 0.0920. The van der Waals surface area contributed by atoms with Crippen molar-refractivity contribution in [2.45, 2.75) is 37.1 Å². The van der Waals surface area contributed by atoms with E-state index < -0.39 is 23.1 Å². The van der Waals surface area contributed by atoms with E-state index >= 15 is 0 Å². The van der Waals surface area contributed by atoms with Gasteiger partial charge >= 0.3 is 0 Å². The Morgan fingerprint density at radius 2 is 1.83 bits per heavy atom. The zero-order valence-corrected chi connectivity index (χ0v) is 10.5. The van der Waals surface area contributed by atoms with E-state index in [1.165, 1.54) is 6.07 Å². The first kappa shape index (κ1) is 13.3. The van der Waals surface area contributed by atoms with Crippen molar-refractivity contribution in [3.8, 4) is 0 Å². The van der Waals surface area contributed by atoms with E-state index in [0.29, 0.717) is 0 Å². The third-order valence-corrected chi connectivity index (χ3v) is 3.71. The van der Waals surface area contributed by atoms with E-state index in [4.69, 9.17) is 11.6 Å². The minimum Gasteiger partial charge on any atom is -0.348 e. The third-order valence-electron chi connectivity index (χ3n) is 3.19. The van der Waals surface area contributed by atoms with Gasteiger partial charge in [-0.05, 0) is 25.0 Å². The maximum absolute atomic E-state index is 13.4. The molecule has 1 N–H and O–H groups in total. The van der Waals surface area contributed by atoms with E-state index in [2.05, 4.69) is 5.32 Å². The van der Waals surface area contributed by atoms with Crippen LogP contribution in [-0.2, 0) is 0 Å². The summed E-state index contributed by atoms with van der Waals surface area (Å²) in [4.78, 5) is 11.9. The third kappa shape index (κ3) is 2.80. The molecule has 1 amide bonds. The fraction of sp³-hybridized carbons (Fsp3) is 0.462. The number of alkyl halides is 1. The van der Waals surface area contributed by atoms with Crippen LogP contribution in [0.15, 0.2) is 18.2 Å². The zero-order chi connectivity index (χ0) is 13.1. The van der Waals surface area contributed by atoms with Gasteiger partial charge < -0.3 is 5.32 Å². The van der Waals surface area contributed by atoms with Crippen LogP contribution in [0, 0.1) is 11.6 Å². The Labute approximate surface area is 109 Å².